The van der Waals surface area contributed by atoms with Crippen LogP contribution in [0.5, 0.6) is 0 Å². The molecule has 0 radical (unpaired) electrons. The molecule has 178 valence electrons. The van der Waals surface area contributed by atoms with Gasteiger partial charge >= 0.3 is 6.18 Å². The average molecular weight is 474 g/mol. The summed E-state index contributed by atoms with van der Waals surface area (Å²) >= 11 is 0. The van der Waals surface area contributed by atoms with Gasteiger partial charge in [0.1, 0.15) is 23.4 Å². The number of hydrogen-bond donors (Lipinski definition) is 1. The Morgan fingerprint density at radius 1 is 0.824 bits per heavy atom. The Bertz CT molecular complexity index is 1210. The molecule has 1 heterocycles. The van der Waals surface area contributed by atoms with E-state index in [1.54, 1.807) is 67.2 Å². The van der Waals surface area contributed by atoms with E-state index in [9.17, 15) is 27.1 Å². The smallest absolute Gasteiger partial charge is 0.384 e. The highest BCUT2D eigenvalue weighted by molar-refractivity contribution is 5.68. The minimum Gasteiger partial charge on any atom is -0.384 e. The lowest BCUT2D eigenvalue weighted by Crippen LogP contribution is -2.36. The van der Waals surface area contributed by atoms with E-state index >= 15 is 0 Å². The molecule has 8 heteroatoms. The summed E-state index contributed by atoms with van der Waals surface area (Å²) in [6.07, 6.45) is -3.82. The number of likely N-dealkylation sites (N-methyl/N-ethyl adjacent to an activating group) is 1. The predicted octanol–water partition coefficient (Wildman–Crippen LogP) is 6.71. The van der Waals surface area contributed by atoms with Crippen molar-refractivity contribution in [2.45, 2.75) is 31.8 Å². The first-order valence-corrected chi connectivity index (χ1v) is 10.5. The van der Waals surface area contributed by atoms with Crippen LogP contribution in [0.25, 0.3) is 11.1 Å². The predicted molar refractivity (Wildman–Crippen MR) is 121 cm³/mol. The van der Waals surface area contributed by atoms with E-state index in [1.165, 1.54) is 24.3 Å². The number of halogens is 5. The fourth-order valence-corrected chi connectivity index (χ4v) is 4.30. The van der Waals surface area contributed by atoms with Crippen LogP contribution in [-0.2, 0) is 6.18 Å². The second-order valence-corrected chi connectivity index (χ2v) is 8.76. The van der Waals surface area contributed by atoms with Gasteiger partial charge in [-0.25, -0.2) is 8.78 Å². The van der Waals surface area contributed by atoms with Crippen LogP contribution in [0, 0.1) is 11.6 Å². The summed E-state index contributed by atoms with van der Waals surface area (Å²) < 4.78 is 68.8. The molecule has 1 aliphatic rings. The van der Waals surface area contributed by atoms with Gasteiger partial charge in [0.15, 0.2) is 0 Å². The van der Waals surface area contributed by atoms with E-state index in [-0.39, 0.29) is 5.56 Å². The maximum atomic E-state index is 13.8. The number of aliphatic hydroxyl groups is 1. The van der Waals surface area contributed by atoms with Crippen LogP contribution in [-0.4, -0.2) is 22.7 Å². The van der Waals surface area contributed by atoms with Crippen LogP contribution in [0.4, 0.5) is 27.6 Å². The highest BCUT2D eigenvalue weighted by atomic mass is 19.4. The Morgan fingerprint density at radius 3 is 1.97 bits per heavy atom. The molecular weight excluding hydrogens is 451 g/mol. The van der Waals surface area contributed by atoms with Crippen LogP contribution in [0.1, 0.15) is 31.1 Å². The van der Waals surface area contributed by atoms with E-state index in [0.717, 1.165) is 12.1 Å². The largest absolute Gasteiger partial charge is 0.416 e. The highest BCUT2D eigenvalue weighted by Crippen LogP contribution is 2.45. The molecule has 0 amide bonds. The van der Waals surface area contributed by atoms with Gasteiger partial charge < -0.3 is 14.9 Å². The molecule has 1 unspecified atom stereocenters. The van der Waals surface area contributed by atoms with E-state index in [2.05, 4.69) is 0 Å². The van der Waals surface area contributed by atoms with Gasteiger partial charge in [-0.1, -0.05) is 30.3 Å². The number of anilines is 1. The van der Waals surface area contributed by atoms with Gasteiger partial charge in [-0.05, 0) is 55.3 Å². The molecule has 34 heavy (non-hydrogen) atoms. The van der Waals surface area contributed by atoms with Crippen molar-refractivity contribution in [3.05, 3.63) is 101 Å². The molecule has 1 N–H and O–H groups in total. The van der Waals surface area contributed by atoms with E-state index in [1.807, 2.05) is 0 Å². The zero-order chi connectivity index (χ0) is 24.8. The van der Waals surface area contributed by atoms with Gasteiger partial charge in [0.25, 0.3) is 0 Å². The number of nitrogens with zero attached hydrogens (tertiary/aromatic N) is 2. The Balaban J connectivity index is 1.80. The summed E-state index contributed by atoms with van der Waals surface area (Å²) in [5.41, 5.74) is -0.172. The first kappa shape index (κ1) is 23.8. The fraction of sp³-hybridized carbons (Fsp3) is 0.231. The Labute approximate surface area is 194 Å². The summed E-state index contributed by atoms with van der Waals surface area (Å²) in [4.78, 5) is 3.26. The Morgan fingerprint density at radius 2 is 1.41 bits per heavy atom. The number of benzene rings is 3. The van der Waals surface area contributed by atoms with Crippen LogP contribution < -0.4 is 4.90 Å². The third-order valence-corrected chi connectivity index (χ3v) is 5.80. The lowest BCUT2D eigenvalue weighted by atomic mass is 10.0. The molecule has 0 aliphatic carbocycles. The highest BCUT2D eigenvalue weighted by Gasteiger charge is 2.42. The molecule has 3 nitrogen and oxygen atoms in total. The SMILES string of the molecule is CN1C(C(C)(C)O)=CN(c2ccc(-c3cc(F)cc(F)c3)cc2)C1c1ccccc1C(F)(F)F. The summed E-state index contributed by atoms with van der Waals surface area (Å²) in [5.74, 6) is -1.41. The first-order valence-electron chi connectivity index (χ1n) is 10.5. The zero-order valence-corrected chi connectivity index (χ0v) is 18.7. The normalized spacial score (nSPS) is 16.7. The molecule has 3 aromatic rings. The molecule has 0 aromatic heterocycles. The Hall–Kier alpha value is -3.39. The molecule has 1 aliphatic heterocycles. The molecule has 0 saturated heterocycles. The van der Waals surface area contributed by atoms with Crippen molar-refractivity contribution < 1.29 is 27.1 Å². The minimum absolute atomic E-state index is 0.0317. The lowest BCUT2D eigenvalue weighted by molar-refractivity contribution is -0.138. The Kier molecular flexibility index (Phi) is 5.89. The summed E-state index contributed by atoms with van der Waals surface area (Å²) in [5, 5.41) is 10.7. The first-order chi connectivity index (χ1) is 15.9. The van der Waals surface area contributed by atoms with Crippen molar-refractivity contribution in [3.8, 4) is 11.1 Å². The van der Waals surface area contributed by atoms with Crippen LogP contribution >= 0.6 is 0 Å². The molecule has 0 bridgehead atoms. The van der Waals surface area contributed by atoms with Crippen molar-refractivity contribution in [1.29, 1.82) is 0 Å². The van der Waals surface area contributed by atoms with Crippen molar-refractivity contribution in [3.63, 3.8) is 0 Å². The van der Waals surface area contributed by atoms with E-state index in [4.69, 9.17) is 0 Å². The van der Waals surface area contributed by atoms with Crippen molar-refractivity contribution in [2.24, 2.45) is 0 Å². The number of alkyl halides is 3. The summed E-state index contributed by atoms with van der Waals surface area (Å²) in [6.45, 7) is 3.13. The zero-order valence-electron chi connectivity index (χ0n) is 18.7. The maximum absolute atomic E-state index is 13.8. The van der Waals surface area contributed by atoms with Gasteiger partial charge in [-0.3, -0.25) is 0 Å². The summed E-state index contributed by atoms with van der Waals surface area (Å²) in [6, 6.07) is 15.1. The number of hydrogen-bond acceptors (Lipinski definition) is 3. The summed E-state index contributed by atoms with van der Waals surface area (Å²) in [7, 11) is 1.63. The third-order valence-electron chi connectivity index (χ3n) is 5.80. The topological polar surface area (TPSA) is 26.7 Å². The van der Waals surface area contributed by atoms with Gasteiger partial charge in [0.2, 0.25) is 0 Å². The van der Waals surface area contributed by atoms with Gasteiger partial charge in [0, 0.05) is 30.6 Å². The lowest BCUT2D eigenvalue weighted by Gasteiger charge is -2.35. The number of rotatable bonds is 4. The molecule has 0 fully saturated rings. The molecule has 3 aromatic carbocycles. The van der Waals surface area contributed by atoms with Crippen LogP contribution in [0.15, 0.2) is 78.6 Å². The van der Waals surface area contributed by atoms with E-state index < -0.39 is 35.1 Å². The van der Waals surface area contributed by atoms with Gasteiger partial charge in [-0.2, -0.15) is 13.2 Å². The third kappa shape index (κ3) is 4.50. The van der Waals surface area contributed by atoms with Crippen molar-refractivity contribution in [1.82, 2.24) is 4.90 Å². The van der Waals surface area contributed by atoms with Crippen molar-refractivity contribution >= 4 is 5.69 Å². The second-order valence-electron chi connectivity index (χ2n) is 8.76. The molecule has 0 spiro atoms. The molecule has 0 saturated carbocycles. The van der Waals surface area contributed by atoms with E-state index in [0.29, 0.717) is 22.5 Å². The van der Waals surface area contributed by atoms with Crippen LogP contribution in [0.2, 0.25) is 0 Å². The average Bonchev–Trinajstić information content (AvgIpc) is 3.10. The van der Waals surface area contributed by atoms with Gasteiger partial charge in [-0.15, -0.1) is 0 Å². The standard InChI is InChI=1S/C26H23F5N2O/c1-25(2,34)23-15-33(24(32(23)3)21-6-4-5-7-22(21)26(29,30)31)20-10-8-16(9-11-20)17-12-18(27)14-19(28)13-17/h4-15,24,34H,1-3H3. The molecule has 4 rings (SSSR count). The van der Waals surface area contributed by atoms with Crippen LogP contribution in [0.3, 0.4) is 0 Å². The maximum Gasteiger partial charge on any atom is 0.416 e. The van der Waals surface area contributed by atoms with Gasteiger partial charge in [0.05, 0.1) is 11.3 Å². The minimum atomic E-state index is -4.56. The monoisotopic (exact) mass is 474 g/mol. The second kappa shape index (κ2) is 8.43. The molecular formula is C26H23F5N2O. The quantitative estimate of drug-likeness (QED) is 0.426. The van der Waals surface area contributed by atoms with Crippen molar-refractivity contribution in [2.75, 3.05) is 11.9 Å². The molecule has 1 atom stereocenters. The fourth-order valence-electron chi connectivity index (χ4n) is 4.30.